The number of fused-ring (bicyclic) bond motifs is 1. The van der Waals surface area contributed by atoms with E-state index in [1.807, 2.05) is 19.9 Å². The van der Waals surface area contributed by atoms with E-state index in [0.29, 0.717) is 22.4 Å². The summed E-state index contributed by atoms with van der Waals surface area (Å²) in [5.41, 5.74) is 11.9. The molecule has 0 unspecified atom stereocenters. The number of amides is 1. The maximum absolute atomic E-state index is 14.3. The van der Waals surface area contributed by atoms with Gasteiger partial charge in [-0.05, 0) is 49.8 Å². The lowest BCUT2D eigenvalue weighted by Gasteiger charge is -2.31. The number of ether oxygens (including phenoxy) is 1. The molecule has 0 radical (unpaired) electrons. The Kier molecular flexibility index (Phi) is 4.04. The number of hydrogen-bond acceptors (Lipinski definition) is 2. The van der Waals surface area contributed by atoms with Crippen molar-refractivity contribution in [1.82, 2.24) is 0 Å². The predicted octanol–water partition coefficient (Wildman–Crippen LogP) is 2.84. The Bertz CT molecular complexity index is 913. The van der Waals surface area contributed by atoms with Crippen molar-refractivity contribution in [3.05, 3.63) is 71.0 Å². The molecule has 25 heavy (non-hydrogen) atoms. The molecule has 2 aromatic rings. The first-order valence-electron chi connectivity index (χ1n) is 7.72. The standard InChI is InChI=1S/C19H18FN3O2/c1-19(2)10-14(12-5-3-4-6-15(12)20)13-9-11(7-8-16(13)25-19)17(24)23-18(21)22/h3-10H,1-2H3,(H4,21,22,23,24). The van der Waals surface area contributed by atoms with E-state index in [1.54, 1.807) is 36.4 Å². The minimum Gasteiger partial charge on any atom is -0.483 e. The summed E-state index contributed by atoms with van der Waals surface area (Å²) in [6, 6.07) is 11.3. The normalized spacial score (nSPS) is 14.8. The van der Waals surface area contributed by atoms with E-state index in [9.17, 15) is 9.18 Å². The second-order valence-electron chi connectivity index (χ2n) is 6.30. The van der Waals surface area contributed by atoms with E-state index in [4.69, 9.17) is 16.2 Å². The van der Waals surface area contributed by atoms with Crippen molar-refractivity contribution in [3.63, 3.8) is 0 Å². The Balaban J connectivity index is 2.17. The molecule has 1 aliphatic heterocycles. The maximum atomic E-state index is 14.3. The third kappa shape index (κ3) is 3.38. The van der Waals surface area contributed by atoms with Gasteiger partial charge in [-0.3, -0.25) is 4.79 Å². The summed E-state index contributed by atoms with van der Waals surface area (Å²) in [6.45, 7) is 3.77. The van der Waals surface area contributed by atoms with Crippen molar-refractivity contribution >= 4 is 17.4 Å². The van der Waals surface area contributed by atoms with Crippen molar-refractivity contribution < 1.29 is 13.9 Å². The molecule has 2 aromatic carbocycles. The largest absolute Gasteiger partial charge is 0.483 e. The first-order valence-corrected chi connectivity index (χ1v) is 7.72. The number of guanidine groups is 1. The molecule has 0 aromatic heterocycles. The second kappa shape index (κ2) is 6.05. The third-order valence-electron chi connectivity index (χ3n) is 3.78. The molecule has 0 saturated carbocycles. The first kappa shape index (κ1) is 16.7. The topological polar surface area (TPSA) is 90.7 Å². The van der Waals surface area contributed by atoms with Gasteiger partial charge in [0.2, 0.25) is 0 Å². The van der Waals surface area contributed by atoms with Crippen molar-refractivity contribution in [2.75, 3.05) is 0 Å². The fourth-order valence-electron chi connectivity index (χ4n) is 2.78. The van der Waals surface area contributed by atoms with Crippen LogP contribution < -0.4 is 16.2 Å². The van der Waals surface area contributed by atoms with Gasteiger partial charge >= 0.3 is 0 Å². The summed E-state index contributed by atoms with van der Waals surface area (Å²) in [7, 11) is 0. The van der Waals surface area contributed by atoms with Gasteiger partial charge in [-0.15, -0.1) is 0 Å². The summed E-state index contributed by atoms with van der Waals surface area (Å²) in [4.78, 5) is 15.6. The van der Waals surface area contributed by atoms with Gasteiger partial charge in [0.1, 0.15) is 17.2 Å². The molecule has 128 valence electrons. The van der Waals surface area contributed by atoms with E-state index in [2.05, 4.69) is 4.99 Å². The van der Waals surface area contributed by atoms with Crippen molar-refractivity contribution in [2.24, 2.45) is 16.5 Å². The number of aliphatic imine (C=N–C) groups is 1. The van der Waals surface area contributed by atoms with Crippen molar-refractivity contribution in [3.8, 4) is 5.75 Å². The highest BCUT2D eigenvalue weighted by Crippen LogP contribution is 2.40. The number of nitrogens with zero attached hydrogens (tertiary/aromatic N) is 1. The molecule has 1 amide bonds. The summed E-state index contributed by atoms with van der Waals surface area (Å²) in [6.07, 6.45) is 1.84. The van der Waals surface area contributed by atoms with Crippen molar-refractivity contribution in [2.45, 2.75) is 19.4 Å². The SMILES string of the molecule is CC1(C)C=C(c2ccccc2F)c2cc(C(=O)N=C(N)N)ccc2O1. The number of benzene rings is 2. The van der Waals surface area contributed by atoms with E-state index >= 15 is 0 Å². The molecule has 0 spiro atoms. The van der Waals surface area contributed by atoms with Gasteiger partial charge < -0.3 is 16.2 Å². The quantitative estimate of drug-likeness (QED) is 0.650. The minimum absolute atomic E-state index is 0.290. The van der Waals surface area contributed by atoms with E-state index < -0.39 is 11.5 Å². The van der Waals surface area contributed by atoms with Gasteiger partial charge in [-0.2, -0.15) is 4.99 Å². The average molecular weight is 339 g/mol. The molecule has 1 heterocycles. The highest BCUT2D eigenvalue weighted by molar-refractivity contribution is 6.03. The second-order valence-corrected chi connectivity index (χ2v) is 6.30. The molecule has 6 heteroatoms. The Morgan fingerprint density at radius 1 is 1.12 bits per heavy atom. The van der Waals surface area contributed by atoms with Gasteiger partial charge in [0.25, 0.3) is 5.91 Å². The summed E-state index contributed by atoms with van der Waals surface area (Å²) in [5, 5.41) is 0. The van der Waals surface area contributed by atoms with Crippen LogP contribution in [0.15, 0.2) is 53.5 Å². The van der Waals surface area contributed by atoms with E-state index in [-0.39, 0.29) is 17.3 Å². The number of rotatable bonds is 2. The van der Waals surface area contributed by atoms with Crippen LogP contribution in [0.25, 0.3) is 5.57 Å². The molecule has 4 N–H and O–H groups in total. The number of carbonyl (C=O) groups is 1. The molecule has 0 bridgehead atoms. The molecule has 1 aliphatic rings. The molecule has 0 atom stereocenters. The number of carbonyl (C=O) groups excluding carboxylic acids is 1. The maximum Gasteiger partial charge on any atom is 0.280 e. The van der Waals surface area contributed by atoms with Crippen LogP contribution in [0, 0.1) is 5.82 Å². The molecular weight excluding hydrogens is 321 g/mol. The van der Waals surface area contributed by atoms with Crippen LogP contribution in [-0.2, 0) is 0 Å². The zero-order valence-corrected chi connectivity index (χ0v) is 13.9. The van der Waals surface area contributed by atoms with Gasteiger partial charge in [-0.25, -0.2) is 4.39 Å². The number of hydrogen-bond donors (Lipinski definition) is 2. The van der Waals surface area contributed by atoms with Gasteiger partial charge in [0.15, 0.2) is 5.96 Å². The highest BCUT2D eigenvalue weighted by atomic mass is 19.1. The molecule has 0 fully saturated rings. The van der Waals surface area contributed by atoms with Crippen LogP contribution in [-0.4, -0.2) is 17.5 Å². The first-order chi connectivity index (χ1) is 11.8. The number of nitrogens with two attached hydrogens (primary N) is 2. The lowest BCUT2D eigenvalue weighted by atomic mass is 9.89. The van der Waals surface area contributed by atoms with Gasteiger partial charge in [0, 0.05) is 16.7 Å². The van der Waals surface area contributed by atoms with Crippen LogP contribution in [0.3, 0.4) is 0 Å². The third-order valence-corrected chi connectivity index (χ3v) is 3.78. The van der Waals surface area contributed by atoms with E-state index in [0.717, 1.165) is 0 Å². The highest BCUT2D eigenvalue weighted by Gasteiger charge is 2.29. The molecule has 0 aliphatic carbocycles. The van der Waals surface area contributed by atoms with Crippen LogP contribution in [0.2, 0.25) is 0 Å². The van der Waals surface area contributed by atoms with Crippen LogP contribution in [0.5, 0.6) is 5.75 Å². The average Bonchev–Trinajstić information content (AvgIpc) is 2.52. The lowest BCUT2D eigenvalue weighted by molar-refractivity contribution is 0.100. The zero-order chi connectivity index (χ0) is 18.2. The fourth-order valence-corrected chi connectivity index (χ4v) is 2.78. The summed E-state index contributed by atoms with van der Waals surface area (Å²) < 4.78 is 20.3. The van der Waals surface area contributed by atoms with E-state index in [1.165, 1.54) is 6.07 Å². The molecular formula is C19H18FN3O2. The van der Waals surface area contributed by atoms with Gasteiger partial charge in [0.05, 0.1) is 0 Å². The minimum atomic E-state index is -0.615. The molecule has 5 nitrogen and oxygen atoms in total. The fraction of sp³-hybridized carbons (Fsp3) is 0.158. The van der Waals surface area contributed by atoms with Crippen molar-refractivity contribution in [1.29, 1.82) is 0 Å². The lowest BCUT2D eigenvalue weighted by Crippen LogP contribution is -2.29. The summed E-state index contributed by atoms with van der Waals surface area (Å²) >= 11 is 0. The zero-order valence-electron chi connectivity index (χ0n) is 13.9. The van der Waals surface area contributed by atoms with Crippen LogP contribution >= 0.6 is 0 Å². The Morgan fingerprint density at radius 3 is 2.52 bits per heavy atom. The van der Waals surface area contributed by atoms with Crippen LogP contribution in [0.1, 0.15) is 35.3 Å². The van der Waals surface area contributed by atoms with Crippen LogP contribution in [0.4, 0.5) is 4.39 Å². The Labute approximate surface area is 144 Å². The smallest absolute Gasteiger partial charge is 0.280 e. The van der Waals surface area contributed by atoms with Gasteiger partial charge in [-0.1, -0.05) is 18.2 Å². The molecule has 0 saturated heterocycles. The molecule has 3 rings (SSSR count). The predicted molar refractivity (Wildman–Crippen MR) is 94.8 cm³/mol. The summed E-state index contributed by atoms with van der Waals surface area (Å²) in [5.74, 6) is -0.671. The number of halogens is 1. The Hall–Kier alpha value is -3.15. The Morgan fingerprint density at radius 2 is 1.84 bits per heavy atom. The monoisotopic (exact) mass is 339 g/mol.